The zero-order chi connectivity index (χ0) is 9.14. The lowest BCUT2D eigenvalue weighted by atomic mass is 10.3. The van der Waals surface area contributed by atoms with E-state index in [0.29, 0.717) is 0 Å². The van der Waals surface area contributed by atoms with Gasteiger partial charge in [-0.15, -0.1) is 0 Å². The summed E-state index contributed by atoms with van der Waals surface area (Å²) in [6, 6.07) is 1.15. The highest BCUT2D eigenvalue weighted by Gasteiger charge is 2.12. The molecule has 1 heterocycles. The van der Waals surface area contributed by atoms with Crippen LogP contribution in [0, 0.1) is 0 Å². The molecule has 1 aromatic heterocycles. The van der Waals surface area contributed by atoms with Gasteiger partial charge in [0.1, 0.15) is 6.26 Å². The van der Waals surface area contributed by atoms with Crippen LogP contribution in [0.15, 0.2) is 21.8 Å². The molecular weight excluding hydrogens is 184 g/mol. The first kappa shape index (κ1) is 8.95. The molecule has 0 fully saturated rings. The Kier molecular flexibility index (Phi) is 2.61. The summed E-state index contributed by atoms with van der Waals surface area (Å²) in [6.07, 6.45) is 1.06. The highest BCUT2D eigenvalue weighted by molar-refractivity contribution is 7.79. The maximum absolute atomic E-state index is 10.8. The van der Waals surface area contributed by atoms with Crippen molar-refractivity contribution in [1.29, 1.82) is 0 Å². The average Bonchev–Trinajstić information content (AvgIpc) is 2.51. The molecule has 1 unspecified atom stereocenters. The van der Waals surface area contributed by atoms with Crippen LogP contribution in [-0.2, 0) is 15.8 Å². The third-order valence-electron chi connectivity index (χ3n) is 1.17. The van der Waals surface area contributed by atoms with Crippen molar-refractivity contribution in [2.75, 3.05) is 7.11 Å². The molecule has 0 radical (unpaired) electrons. The summed E-state index contributed by atoms with van der Waals surface area (Å²) < 4.78 is 27.9. The van der Waals surface area contributed by atoms with Crippen molar-refractivity contribution < 1.29 is 22.7 Å². The topological polar surface area (TPSA) is 76.7 Å². The molecule has 0 amide bonds. The van der Waals surface area contributed by atoms with E-state index in [0.717, 1.165) is 12.3 Å². The Morgan fingerprint density at radius 2 is 2.42 bits per heavy atom. The third-order valence-corrected chi connectivity index (χ3v) is 1.73. The van der Waals surface area contributed by atoms with Gasteiger partial charge in [0, 0.05) is 6.07 Å². The fourth-order valence-corrected chi connectivity index (χ4v) is 0.991. The second-order valence-electron chi connectivity index (χ2n) is 1.90. The summed E-state index contributed by atoms with van der Waals surface area (Å²) in [5.41, 5.74) is 0.120. The SMILES string of the molecule is COC(=O)c1coc(S(=O)O)c1. The van der Waals surface area contributed by atoms with Crippen LogP contribution >= 0.6 is 0 Å². The highest BCUT2D eigenvalue weighted by atomic mass is 32.2. The molecule has 12 heavy (non-hydrogen) atoms. The molecule has 5 nitrogen and oxygen atoms in total. The first-order valence-corrected chi connectivity index (χ1v) is 4.03. The van der Waals surface area contributed by atoms with E-state index in [2.05, 4.69) is 9.15 Å². The minimum absolute atomic E-state index is 0.120. The smallest absolute Gasteiger partial charge is 0.341 e. The van der Waals surface area contributed by atoms with Crippen LogP contribution in [0.4, 0.5) is 0 Å². The van der Waals surface area contributed by atoms with Crippen molar-refractivity contribution >= 4 is 17.0 Å². The fraction of sp³-hybridized carbons (Fsp3) is 0.167. The number of furan rings is 1. The Morgan fingerprint density at radius 1 is 1.75 bits per heavy atom. The van der Waals surface area contributed by atoms with Crippen molar-refractivity contribution in [3.63, 3.8) is 0 Å². The van der Waals surface area contributed by atoms with Crippen LogP contribution in [0.5, 0.6) is 0 Å². The molecule has 6 heteroatoms. The van der Waals surface area contributed by atoms with E-state index in [1.54, 1.807) is 0 Å². The van der Waals surface area contributed by atoms with Crippen LogP contribution in [0.3, 0.4) is 0 Å². The lowest BCUT2D eigenvalue weighted by molar-refractivity contribution is 0.0600. The van der Waals surface area contributed by atoms with E-state index < -0.39 is 17.0 Å². The van der Waals surface area contributed by atoms with Gasteiger partial charge in [-0.2, -0.15) is 0 Å². The van der Waals surface area contributed by atoms with Gasteiger partial charge in [-0.3, -0.25) is 4.55 Å². The molecular formula is C6H6O5S. The molecule has 0 spiro atoms. The second kappa shape index (κ2) is 3.51. The van der Waals surface area contributed by atoms with E-state index in [1.165, 1.54) is 7.11 Å². The maximum atomic E-state index is 10.8. The van der Waals surface area contributed by atoms with E-state index >= 15 is 0 Å². The van der Waals surface area contributed by atoms with Crippen molar-refractivity contribution in [2.45, 2.75) is 5.09 Å². The molecule has 1 N–H and O–H groups in total. The minimum atomic E-state index is -2.20. The summed E-state index contributed by atoms with van der Waals surface area (Å²) in [4.78, 5) is 10.8. The van der Waals surface area contributed by atoms with Gasteiger partial charge in [-0.05, 0) is 0 Å². The number of carbonyl (C=O) groups excluding carboxylic acids is 1. The standard InChI is InChI=1S/C6H6O5S/c1-10-6(7)4-2-5(11-3-4)12(8)9/h2-3H,1H3,(H,8,9). The van der Waals surface area contributed by atoms with Crippen molar-refractivity contribution in [3.8, 4) is 0 Å². The van der Waals surface area contributed by atoms with Crippen LogP contribution in [0.2, 0.25) is 0 Å². The van der Waals surface area contributed by atoms with Crippen LogP contribution in [0.25, 0.3) is 0 Å². The number of methoxy groups -OCH3 is 1. The van der Waals surface area contributed by atoms with Gasteiger partial charge in [0.2, 0.25) is 16.2 Å². The van der Waals surface area contributed by atoms with Crippen molar-refractivity contribution in [2.24, 2.45) is 0 Å². The molecule has 0 aliphatic rings. The summed E-state index contributed by atoms with van der Waals surface area (Å²) in [6.45, 7) is 0. The average molecular weight is 190 g/mol. The number of ether oxygens (including phenoxy) is 1. The Hall–Kier alpha value is -1.14. The lowest BCUT2D eigenvalue weighted by Gasteiger charge is -1.89. The van der Waals surface area contributed by atoms with Gasteiger partial charge in [-0.1, -0.05) is 0 Å². The normalized spacial score (nSPS) is 12.5. The van der Waals surface area contributed by atoms with Gasteiger partial charge in [0.15, 0.2) is 0 Å². The molecule has 0 aliphatic heterocycles. The number of esters is 1. The minimum Gasteiger partial charge on any atom is -0.465 e. The highest BCUT2D eigenvalue weighted by Crippen LogP contribution is 2.11. The van der Waals surface area contributed by atoms with Crippen LogP contribution in [0.1, 0.15) is 10.4 Å². The molecule has 1 rings (SSSR count). The van der Waals surface area contributed by atoms with Crippen molar-refractivity contribution in [3.05, 3.63) is 17.9 Å². The molecule has 0 saturated heterocycles. The summed E-state index contributed by atoms with van der Waals surface area (Å²) in [5, 5.41) is -0.171. The Balaban J connectivity index is 2.91. The van der Waals surface area contributed by atoms with Gasteiger partial charge >= 0.3 is 5.97 Å². The molecule has 1 aromatic rings. The monoisotopic (exact) mass is 190 g/mol. The third kappa shape index (κ3) is 1.72. The molecule has 0 aliphatic carbocycles. The van der Waals surface area contributed by atoms with E-state index in [-0.39, 0.29) is 10.7 Å². The van der Waals surface area contributed by atoms with E-state index in [9.17, 15) is 9.00 Å². The lowest BCUT2D eigenvalue weighted by Crippen LogP contribution is -1.98. The van der Waals surface area contributed by atoms with Gasteiger partial charge in [0.05, 0.1) is 12.7 Å². The zero-order valence-electron chi connectivity index (χ0n) is 6.14. The van der Waals surface area contributed by atoms with Gasteiger partial charge in [0.25, 0.3) is 0 Å². The predicted octanol–water partition coefficient (Wildman–Crippen LogP) is 0.647. The summed E-state index contributed by atoms with van der Waals surface area (Å²) >= 11 is -2.20. The first-order valence-electron chi connectivity index (χ1n) is 2.93. The van der Waals surface area contributed by atoms with E-state index in [4.69, 9.17) is 4.55 Å². The van der Waals surface area contributed by atoms with Gasteiger partial charge in [-0.25, -0.2) is 9.00 Å². The molecule has 0 bridgehead atoms. The summed E-state index contributed by atoms with van der Waals surface area (Å²) in [7, 11) is 1.21. The number of rotatable bonds is 2. The number of hydrogen-bond donors (Lipinski definition) is 1. The van der Waals surface area contributed by atoms with Crippen LogP contribution < -0.4 is 0 Å². The number of carbonyl (C=O) groups is 1. The molecule has 0 saturated carbocycles. The Morgan fingerprint density at radius 3 is 2.83 bits per heavy atom. The van der Waals surface area contributed by atoms with E-state index in [1.807, 2.05) is 0 Å². The maximum Gasteiger partial charge on any atom is 0.341 e. The predicted molar refractivity (Wildman–Crippen MR) is 39.1 cm³/mol. The Labute approximate surface area is 70.6 Å². The molecule has 0 aromatic carbocycles. The molecule has 1 atom stereocenters. The summed E-state index contributed by atoms with van der Waals surface area (Å²) in [5.74, 6) is -0.601. The number of hydrogen-bond acceptors (Lipinski definition) is 4. The van der Waals surface area contributed by atoms with Gasteiger partial charge < -0.3 is 9.15 Å². The molecule has 66 valence electrons. The second-order valence-corrected chi connectivity index (χ2v) is 2.80. The quantitative estimate of drug-likeness (QED) is 0.547. The largest absolute Gasteiger partial charge is 0.465 e. The first-order chi connectivity index (χ1) is 5.65. The fourth-order valence-electron chi connectivity index (χ4n) is 0.633. The Bertz CT molecular complexity index is 315. The van der Waals surface area contributed by atoms with Crippen LogP contribution in [-0.4, -0.2) is 21.8 Å². The van der Waals surface area contributed by atoms with Crippen molar-refractivity contribution in [1.82, 2.24) is 0 Å². The zero-order valence-corrected chi connectivity index (χ0v) is 6.96.